The maximum atomic E-state index is 7.08. The van der Waals surface area contributed by atoms with Crippen LogP contribution in [0.25, 0.3) is 0 Å². The van der Waals surface area contributed by atoms with Crippen LogP contribution < -0.4 is 5.32 Å². The molecule has 0 heterocycles. The summed E-state index contributed by atoms with van der Waals surface area (Å²) < 4.78 is 5.16. The topological polar surface area (TPSA) is 45.1 Å². The second-order valence-corrected chi connectivity index (χ2v) is 2.97. The first kappa shape index (κ1) is 11.3. The van der Waals surface area contributed by atoms with Crippen LogP contribution in [0.2, 0.25) is 0 Å². The summed E-state index contributed by atoms with van der Waals surface area (Å²) in [6.45, 7) is 10.2. The fourth-order valence-electron chi connectivity index (χ4n) is 0.671. The van der Waals surface area contributed by atoms with E-state index >= 15 is 0 Å². The summed E-state index contributed by atoms with van der Waals surface area (Å²) in [5.74, 6) is 0. The molecule has 0 aromatic heterocycles. The normalized spacial score (nSPS) is 9.83. The van der Waals surface area contributed by atoms with Gasteiger partial charge in [-0.05, 0) is 13.8 Å². The van der Waals surface area contributed by atoms with Gasteiger partial charge in [0.15, 0.2) is 0 Å². The monoisotopic (exact) mass is 170 g/mol. The molecule has 0 bridgehead atoms. The SMILES string of the molecule is C=C(C)CNCCOCC(C)=N. The lowest BCUT2D eigenvalue weighted by Gasteiger charge is -2.04. The molecule has 0 radical (unpaired) electrons. The summed E-state index contributed by atoms with van der Waals surface area (Å²) in [4.78, 5) is 0. The fraction of sp³-hybridized carbons (Fsp3) is 0.667. The van der Waals surface area contributed by atoms with Crippen LogP contribution in [0, 0.1) is 5.41 Å². The van der Waals surface area contributed by atoms with Crippen molar-refractivity contribution in [3.8, 4) is 0 Å². The first-order valence-electron chi connectivity index (χ1n) is 4.10. The molecule has 0 aromatic carbocycles. The number of nitrogens with one attached hydrogen (secondary N) is 2. The van der Waals surface area contributed by atoms with Gasteiger partial charge in [-0.25, -0.2) is 0 Å². The molecule has 0 aliphatic rings. The largest absolute Gasteiger partial charge is 0.374 e. The minimum atomic E-state index is 0.439. The molecule has 0 rings (SSSR count). The summed E-state index contributed by atoms with van der Waals surface area (Å²) in [5.41, 5.74) is 1.69. The second-order valence-electron chi connectivity index (χ2n) is 2.97. The van der Waals surface area contributed by atoms with E-state index in [-0.39, 0.29) is 0 Å². The van der Waals surface area contributed by atoms with Crippen LogP contribution in [-0.2, 0) is 4.74 Å². The molecule has 0 amide bonds. The van der Waals surface area contributed by atoms with Gasteiger partial charge in [0.1, 0.15) is 0 Å². The van der Waals surface area contributed by atoms with Gasteiger partial charge in [0.25, 0.3) is 0 Å². The Morgan fingerprint density at radius 2 is 2.17 bits per heavy atom. The van der Waals surface area contributed by atoms with Gasteiger partial charge in [-0.3, -0.25) is 0 Å². The molecule has 0 fully saturated rings. The van der Waals surface area contributed by atoms with Gasteiger partial charge in [-0.2, -0.15) is 0 Å². The molecule has 3 heteroatoms. The average molecular weight is 170 g/mol. The Bertz CT molecular complexity index is 137. The Hall–Kier alpha value is -0.670. The van der Waals surface area contributed by atoms with E-state index in [2.05, 4.69) is 11.9 Å². The lowest BCUT2D eigenvalue weighted by atomic mass is 10.3. The van der Waals surface area contributed by atoms with Crippen molar-refractivity contribution in [1.82, 2.24) is 5.32 Å². The van der Waals surface area contributed by atoms with Gasteiger partial charge in [0.2, 0.25) is 0 Å². The predicted octanol–water partition coefficient (Wildman–Crippen LogP) is 1.21. The van der Waals surface area contributed by atoms with Crippen LogP contribution >= 0.6 is 0 Å². The van der Waals surface area contributed by atoms with E-state index in [9.17, 15) is 0 Å². The molecule has 70 valence electrons. The van der Waals surface area contributed by atoms with Gasteiger partial charge < -0.3 is 15.5 Å². The molecule has 12 heavy (non-hydrogen) atoms. The highest BCUT2D eigenvalue weighted by molar-refractivity contribution is 5.79. The van der Waals surface area contributed by atoms with Crippen molar-refractivity contribution in [2.24, 2.45) is 0 Å². The van der Waals surface area contributed by atoms with Gasteiger partial charge in [0.05, 0.1) is 13.2 Å². The highest BCUT2D eigenvalue weighted by atomic mass is 16.5. The zero-order valence-electron chi connectivity index (χ0n) is 7.94. The molecule has 2 N–H and O–H groups in total. The molecule has 0 saturated carbocycles. The van der Waals surface area contributed by atoms with Crippen LogP contribution in [0.15, 0.2) is 12.2 Å². The Labute approximate surface area is 74.3 Å². The molecule has 0 aliphatic heterocycles. The minimum Gasteiger partial charge on any atom is -0.374 e. The first-order chi connectivity index (χ1) is 5.63. The first-order valence-corrected chi connectivity index (χ1v) is 4.10. The van der Waals surface area contributed by atoms with E-state index in [1.54, 1.807) is 6.92 Å². The van der Waals surface area contributed by atoms with E-state index in [1.165, 1.54) is 0 Å². The third-order valence-corrected chi connectivity index (χ3v) is 1.17. The van der Waals surface area contributed by atoms with Crippen molar-refractivity contribution >= 4 is 5.71 Å². The Kier molecular flexibility index (Phi) is 6.61. The van der Waals surface area contributed by atoms with E-state index < -0.39 is 0 Å². The van der Waals surface area contributed by atoms with Crippen LogP contribution in [0.5, 0.6) is 0 Å². The number of ether oxygens (including phenoxy) is 1. The number of hydrogen-bond acceptors (Lipinski definition) is 3. The molecule has 0 saturated heterocycles. The number of rotatable bonds is 7. The van der Waals surface area contributed by atoms with E-state index in [4.69, 9.17) is 10.1 Å². The smallest absolute Gasteiger partial charge is 0.0839 e. The second kappa shape index (κ2) is 7.00. The van der Waals surface area contributed by atoms with E-state index in [1.807, 2.05) is 6.92 Å². The summed E-state index contributed by atoms with van der Waals surface area (Å²) in [5, 5.41) is 10.2. The maximum Gasteiger partial charge on any atom is 0.0839 e. The quantitative estimate of drug-likeness (QED) is 0.343. The molecule has 0 spiro atoms. The van der Waals surface area contributed by atoms with E-state index in [0.717, 1.165) is 18.7 Å². The van der Waals surface area contributed by atoms with Crippen LogP contribution in [0.4, 0.5) is 0 Å². The highest BCUT2D eigenvalue weighted by Gasteiger charge is 1.89. The molecular weight excluding hydrogens is 152 g/mol. The summed E-state index contributed by atoms with van der Waals surface area (Å²) in [6.07, 6.45) is 0. The van der Waals surface area contributed by atoms with Crippen LogP contribution in [0.3, 0.4) is 0 Å². The van der Waals surface area contributed by atoms with Crippen LogP contribution in [-0.4, -0.2) is 32.0 Å². The molecule has 0 aliphatic carbocycles. The zero-order chi connectivity index (χ0) is 9.40. The van der Waals surface area contributed by atoms with Crippen molar-refractivity contribution in [2.45, 2.75) is 13.8 Å². The lowest BCUT2D eigenvalue weighted by molar-refractivity contribution is 0.173. The van der Waals surface area contributed by atoms with Gasteiger partial charge in [-0.15, -0.1) is 0 Å². The third-order valence-electron chi connectivity index (χ3n) is 1.17. The standard InChI is InChI=1S/C9H18N2O/c1-8(2)6-11-4-5-12-7-9(3)10/h10-11H,1,4-7H2,2-3H3. The van der Waals surface area contributed by atoms with Crippen molar-refractivity contribution < 1.29 is 4.74 Å². The minimum absolute atomic E-state index is 0.439. The van der Waals surface area contributed by atoms with Gasteiger partial charge in [0, 0.05) is 18.8 Å². The highest BCUT2D eigenvalue weighted by Crippen LogP contribution is 1.81. The molecule has 3 nitrogen and oxygen atoms in total. The zero-order valence-corrected chi connectivity index (χ0v) is 7.94. The third kappa shape index (κ3) is 9.33. The van der Waals surface area contributed by atoms with Gasteiger partial charge >= 0.3 is 0 Å². The fourth-order valence-corrected chi connectivity index (χ4v) is 0.671. The summed E-state index contributed by atoms with van der Waals surface area (Å²) in [6, 6.07) is 0. The predicted molar refractivity (Wildman–Crippen MR) is 51.9 cm³/mol. The number of hydrogen-bond donors (Lipinski definition) is 2. The molecule has 0 aromatic rings. The van der Waals surface area contributed by atoms with Crippen molar-refractivity contribution in [2.75, 3.05) is 26.3 Å². The summed E-state index contributed by atoms with van der Waals surface area (Å²) >= 11 is 0. The van der Waals surface area contributed by atoms with Crippen molar-refractivity contribution in [3.05, 3.63) is 12.2 Å². The Balaban J connectivity index is 3.01. The molecule has 0 atom stereocenters. The Morgan fingerprint density at radius 1 is 1.50 bits per heavy atom. The van der Waals surface area contributed by atoms with Crippen LogP contribution in [0.1, 0.15) is 13.8 Å². The van der Waals surface area contributed by atoms with Gasteiger partial charge in [-0.1, -0.05) is 12.2 Å². The molecule has 0 unspecified atom stereocenters. The van der Waals surface area contributed by atoms with Crippen molar-refractivity contribution in [1.29, 1.82) is 5.41 Å². The van der Waals surface area contributed by atoms with Crippen molar-refractivity contribution in [3.63, 3.8) is 0 Å². The summed E-state index contributed by atoms with van der Waals surface area (Å²) in [7, 11) is 0. The molecular formula is C9H18N2O. The average Bonchev–Trinajstić information content (AvgIpc) is 1.95. The Morgan fingerprint density at radius 3 is 2.67 bits per heavy atom. The lowest BCUT2D eigenvalue weighted by Crippen LogP contribution is -2.22. The van der Waals surface area contributed by atoms with E-state index in [0.29, 0.717) is 18.9 Å². The maximum absolute atomic E-state index is 7.08.